The van der Waals surface area contributed by atoms with Crippen molar-refractivity contribution >= 4 is 5.78 Å². The Kier molecular flexibility index (Phi) is 5.25. The van der Waals surface area contributed by atoms with E-state index < -0.39 is 0 Å². The second-order valence-corrected chi connectivity index (χ2v) is 8.00. The standard InChI is InChI=1S/C19H30O2/c1-8-9-14(20)10-13-11-15(18(2,3)4)17(21)16(12-13)19(5,6)7/h11-12,21H,8-10H2,1-7H3. The van der Waals surface area contributed by atoms with Crippen LogP contribution in [0.15, 0.2) is 12.1 Å². The Morgan fingerprint density at radius 1 is 1.00 bits per heavy atom. The summed E-state index contributed by atoms with van der Waals surface area (Å²) in [5, 5.41) is 10.6. The van der Waals surface area contributed by atoms with Crippen molar-refractivity contribution in [2.45, 2.75) is 78.6 Å². The second kappa shape index (κ2) is 6.21. The van der Waals surface area contributed by atoms with Crippen molar-refractivity contribution in [3.05, 3.63) is 28.8 Å². The number of phenols is 1. The fourth-order valence-electron chi connectivity index (χ4n) is 2.53. The summed E-state index contributed by atoms with van der Waals surface area (Å²) < 4.78 is 0. The highest BCUT2D eigenvalue weighted by atomic mass is 16.3. The molecular formula is C19H30O2. The minimum Gasteiger partial charge on any atom is -0.507 e. The largest absolute Gasteiger partial charge is 0.507 e. The van der Waals surface area contributed by atoms with E-state index >= 15 is 0 Å². The minimum absolute atomic E-state index is 0.145. The molecule has 118 valence electrons. The van der Waals surface area contributed by atoms with Gasteiger partial charge in [0.05, 0.1) is 0 Å². The van der Waals surface area contributed by atoms with Crippen LogP contribution in [0.2, 0.25) is 0 Å². The van der Waals surface area contributed by atoms with E-state index in [4.69, 9.17) is 0 Å². The summed E-state index contributed by atoms with van der Waals surface area (Å²) in [6.45, 7) is 14.6. The molecule has 0 aliphatic heterocycles. The lowest BCUT2D eigenvalue weighted by Gasteiger charge is -2.28. The number of aromatic hydroxyl groups is 1. The third-order valence-corrected chi connectivity index (χ3v) is 3.72. The molecule has 21 heavy (non-hydrogen) atoms. The molecule has 2 nitrogen and oxygen atoms in total. The van der Waals surface area contributed by atoms with Crippen LogP contribution < -0.4 is 0 Å². The second-order valence-electron chi connectivity index (χ2n) is 8.00. The third kappa shape index (κ3) is 4.59. The van der Waals surface area contributed by atoms with Crippen LogP contribution in [0.3, 0.4) is 0 Å². The zero-order chi connectivity index (χ0) is 16.4. The molecule has 0 radical (unpaired) electrons. The first-order valence-corrected chi connectivity index (χ1v) is 7.85. The van der Waals surface area contributed by atoms with Crippen molar-refractivity contribution < 1.29 is 9.90 Å². The lowest BCUT2D eigenvalue weighted by Crippen LogP contribution is -2.18. The molecule has 0 unspecified atom stereocenters. The summed E-state index contributed by atoms with van der Waals surface area (Å²) in [5.74, 6) is 0.643. The number of carbonyl (C=O) groups excluding carboxylic acids is 1. The molecule has 0 amide bonds. The molecule has 0 atom stereocenters. The molecule has 1 rings (SSSR count). The fraction of sp³-hybridized carbons (Fsp3) is 0.632. The molecule has 0 fully saturated rings. The SMILES string of the molecule is CCCC(=O)Cc1cc(C(C)(C)C)c(O)c(C(C)(C)C)c1. The molecule has 1 N–H and O–H groups in total. The molecule has 0 spiro atoms. The summed E-state index contributed by atoms with van der Waals surface area (Å²) in [6.07, 6.45) is 1.96. The maximum Gasteiger partial charge on any atom is 0.137 e. The van der Waals surface area contributed by atoms with Gasteiger partial charge in [-0.1, -0.05) is 60.6 Å². The van der Waals surface area contributed by atoms with Gasteiger partial charge in [0.2, 0.25) is 0 Å². The molecule has 1 aromatic carbocycles. The Balaban J connectivity index is 3.37. The maximum atomic E-state index is 12.0. The zero-order valence-electron chi connectivity index (χ0n) is 14.6. The van der Waals surface area contributed by atoms with E-state index in [9.17, 15) is 9.90 Å². The lowest BCUT2D eigenvalue weighted by atomic mass is 9.78. The number of benzene rings is 1. The van der Waals surface area contributed by atoms with Gasteiger partial charge in [-0.3, -0.25) is 4.79 Å². The van der Waals surface area contributed by atoms with Crippen molar-refractivity contribution in [2.75, 3.05) is 0 Å². The van der Waals surface area contributed by atoms with E-state index in [1.807, 2.05) is 19.1 Å². The molecule has 0 saturated heterocycles. The van der Waals surface area contributed by atoms with Crippen LogP contribution in [-0.4, -0.2) is 10.9 Å². The predicted molar refractivity (Wildman–Crippen MR) is 89.1 cm³/mol. The first-order chi connectivity index (χ1) is 9.46. The predicted octanol–water partition coefficient (Wildman–Crippen LogP) is 4.90. The van der Waals surface area contributed by atoms with Crippen LogP contribution in [-0.2, 0) is 22.0 Å². The van der Waals surface area contributed by atoms with Crippen LogP contribution in [0.5, 0.6) is 5.75 Å². The smallest absolute Gasteiger partial charge is 0.137 e. The van der Waals surface area contributed by atoms with Gasteiger partial charge in [-0.05, 0) is 33.9 Å². The van der Waals surface area contributed by atoms with Crippen molar-refractivity contribution in [3.63, 3.8) is 0 Å². The summed E-state index contributed by atoms with van der Waals surface area (Å²) in [7, 11) is 0. The Morgan fingerprint density at radius 2 is 1.43 bits per heavy atom. The van der Waals surface area contributed by atoms with E-state index in [0.29, 0.717) is 18.6 Å². The van der Waals surface area contributed by atoms with E-state index in [2.05, 4.69) is 41.5 Å². The minimum atomic E-state index is -0.145. The number of Topliss-reactive ketones (excluding diaryl/α,β-unsaturated/α-hetero) is 1. The Bertz CT molecular complexity index is 478. The van der Waals surface area contributed by atoms with E-state index in [0.717, 1.165) is 23.1 Å². The maximum absolute atomic E-state index is 12.0. The molecular weight excluding hydrogens is 260 g/mol. The van der Waals surface area contributed by atoms with Gasteiger partial charge in [-0.25, -0.2) is 0 Å². The molecule has 0 aliphatic carbocycles. The number of phenolic OH excluding ortho intramolecular Hbond substituents is 1. The van der Waals surface area contributed by atoms with Crippen molar-refractivity contribution in [3.8, 4) is 5.75 Å². The summed E-state index contributed by atoms with van der Waals surface area (Å²) in [4.78, 5) is 12.0. The zero-order valence-corrected chi connectivity index (χ0v) is 14.6. The number of hydrogen-bond donors (Lipinski definition) is 1. The highest BCUT2D eigenvalue weighted by Crippen LogP contribution is 2.39. The van der Waals surface area contributed by atoms with Crippen LogP contribution in [0, 0.1) is 0 Å². The van der Waals surface area contributed by atoms with Crippen LogP contribution in [0.25, 0.3) is 0 Å². The Labute approximate surface area is 129 Å². The number of rotatable bonds is 4. The highest BCUT2D eigenvalue weighted by molar-refractivity contribution is 5.81. The van der Waals surface area contributed by atoms with Gasteiger partial charge in [0.25, 0.3) is 0 Å². The summed E-state index contributed by atoms with van der Waals surface area (Å²) in [5.41, 5.74) is 2.58. The number of ketones is 1. The number of hydrogen-bond acceptors (Lipinski definition) is 2. The van der Waals surface area contributed by atoms with Gasteiger partial charge in [0.1, 0.15) is 11.5 Å². The van der Waals surface area contributed by atoms with Gasteiger partial charge in [0, 0.05) is 12.8 Å². The molecule has 2 heteroatoms. The van der Waals surface area contributed by atoms with Gasteiger partial charge in [-0.2, -0.15) is 0 Å². The van der Waals surface area contributed by atoms with Crippen LogP contribution >= 0.6 is 0 Å². The van der Waals surface area contributed by atoms with E-state index in [1.165, 1.54) is 0 Å². The molecule has 1 aromatic rings. The van der Waals surface area contributed by atoms with Gasteiger partial charge < -0.3 is 5.11 Å². The monoisotopic (exact) mass is 290 g/mol. The van der Waals surface area contributed by atoms with Gasteiger partial charge in [0.15, 0.2) is 0 Å². The Hall–Kier alpha value is -1.31. The normalized spacial score (nSPS) is 12.5. The summed E-state index contributed by atoms with van der Waals surface area (Å²) in [6, 6.07) is 4.00. The molecule has 0 saturated carbocycles. The van der Waals surface area contributed by atoms with Crippen LogP contribution in [0.4, 0.5) is 0 Å². The fourth-order valence-corrected chi connectivity index (χ4v) is 2.53. The van der Waals surface area contributed by atoms with E-state index in [-0.39, 0.29) is 16.6 Å². The lowest BCUT2D eigenvalue weighted by molar-refractivity contribution is -0.118. The molecule has 0 aromatic heterocycles. The highest BCUT2D eigenvalue weighted by Gasteiger charge is 2.26. The van der Waals surface area contributed by atoms with Crippen molar-refractivity contribution in [1.29, 1.82) is 0 Å². The van der Waals surface area contributed by atoms with Crippen molar-refractivity contribution in [2.24, 2.45) is 0 Å². The topological polar surface area (TPSA) is 37.3 Å². The molecule has 0 bridgehead atoms. The van der Waals surface area contributed by atoms with E-state index in [1.54, 1.807) is 0 Å². The average molecular weight is 290 g/mol. The number of carbonyl (C=O) groups is 1. The van der Waals surface area contributed by atoms with Gasteiger partial charge in [-0.15, -0.1) is 0 Å². The first-order valence-electron chi connectivity index (χ1n) is 7.85. The van der Waals surface area contributed by atoms with Gasteiger partial charge >= 0.3 is 0 Å². The van der Waals surface area contributed by atoms with Crippen molar-refractivity contribution in [1.82, 2.24) is 0 Å². The molecule has 0 heterocycles. The average Bonchev–Trinajstić information content (AvgIpc) is 2.28. The first kappa shape index (κ1) is 17.7. The quantitative estimate of drug-likeness (QED) is 0.856. The van der Waals surface area contributed by atoms with Crippen LogP contribution in [0.1, 0.15) is 78.0 Å². The molecule has 0 aliphatic rings. The third-order valence-electron chi connectivity index (χ3n) is 3.72. The Morgan fingerprint density at radius 3 is 1.76 bits per heavy atom. The summed E-state index contributed by atoms with van der Waals surface area (Å²) >= 11 is 0.